The summed E-state index contributed by atoms with van der Waals surface area (Å²) in [5.74, 6) is 0. The van der Waals surface area contributed by atoms with Crippen LogP contribution in [0.25, 0.3) is 0 Å². The number of non-ortho nitro benzene ring substituents is 1. The molecular weight excluding hydrogens is 212 g/mol. The van der Waals surface area contributed by atoms with Crippen LogP contribution in [0.15, 0.2) is 24.3 Å². The number of benzene rings is 1. The quantitative estimate of drug-likeness (QED) is 0.608. The lowest BCUT2D eigenvalue weighted by Gasteiger charge is -2.20. The van der Waals surface area contributed by atoms with Crippen LogP contribution in [-0.2, 0) is 10.3 Å². The van der Waals surface area contributed by atoms with Crippen molar-refractivity contribution in [2.75, 3.05) is 6.61 Å². The Balaban J connectivity index is 2.37. The van der Waals surface area contributed by atoms with Crippen LogP contribution in [-0.4, -0.2) is 17.6 Å². The normalized spacial score (nSPS) is 23.7. The number of nitrogens with zero attached hydrogens (tertiary/aromatic N) is 1. The summed E-state index contributed by atoms with van der Waals surface area (Å²) >= 11 is 0. The topological polar surface area (TPSA) is 81.5 Å². The Labute approximate surface area is 91.4 Å². The first kappa shape index (κ1) is 10.4. The van der Waals surface area contributed by atoms with Crippen LogP contribution < -0.4 is 5.32 Å². The largest absolute Gasteiger partial charge is 0.447 e. The molecule has 2 rings (SSSR count). The third-order valence-electron chi connectivity index (χ3n) is 2.56. The predicted molar refractivity (Wildman–Crippen MR) is 54.9 cm³/mol. The van der Waals surface area contributed by atoms with Gasteiger partial charge in [-0.05, 0) is 12.5 Å². The molecule has 1 atom stereocenters. The molecule has 1 aromatic carbocycles. The van der Waals surface area contributed by atoms with Crippen LogP contribution in [0.1, 0.15) is 12.5 Å². The number of rotatable bonds is 2. The Hall–Kier alpha value is -2.11. The maximum atomic E-state index is 11.0. The molecule has 1 amide bonds. The Morgan fingerprint density at radius 1 is 1.56 bits per heavy atom. The van der Waals surface area contributed by atoms with Gasteiger partial charge in [-0.15, -0.1) is 0 Å². The van der Waals surface area contributed by atoms with Crippen molar-refractivity contribution in [2.24, 2.45) is 0 Å². The highest BCUT2D eigenvalue weighted by molar-refractivity contribution is 5.71. The first-order chi connectivity index (χ1) is 7.51. The van der Waals surface area contributed by atoms with Crippen molar-refractivity contribution in [3.8, 4) is 0 Å². The number of alkyl carbamates (subject to hydrolysis) is 1. The van der Waals surface area contributed by atoms with Crippen molar-refractivity contribution in [3.05, 3.63) is 39.9 Å². The molecule has 84 valence electrons. The maximum Gasteiger partial charge on any atom is 0.408 e. The number of nitrogens with one attached hydrogen (secondary N) is 1. The van der Waals surface area contributed by atoms with Crippen LogP contribution in [0.2, 0.25) is 0 Å². The molecule has 1 aromatic rings. The van der Waals surface area contributed by atoms with E-state index in [2.05, 4.69) is 5.32 Å². The molecule has 0 spiro atoms. The summed E-state index contributed by atoms with van der Waals surface area (Å²) in [6.45, 7) is 1.93. The molecule has 1 fully saturated rings. The molecule has 0 saturated carbocycles. The highest BCUT2D eigenvalue weighted by atomic mass is 16.6. The van der Waals surface area contributed by atoms with Crippen LogP contribution in [0.3, 0.4) is 0 Å². The molecule has 0 aromatic heterocycles. The molecule has 0 aliphatic carbocycles. The lowest BCUT2D eigenvalue weighted by molar-refractivity contribution is -0.385. The van der Waals surface area contributed by atoms with E-state index in [1.807, 2.05) is 0 Å². The van der Waals surface area contributed by atoms with E-state index in [-0.39, 0.29) is 12.3 Å². The van der Waals surface area contributed by atoms with Gasteiger partial charge in [0, 0.05) is 12.1 Å². The summed E-state index contributed by atoms with van der Waals surface area (Å²) < 4.78 is 4.80. The summed E-state index contributed by atoms with van der Waals surface area (Å²) in [6, 6.07) is 6.16. The van der Waals surface area contributed by atoms with E-state index in [9.17, 15) is 14.9 Å². The number of hydrogen-bond acceptors (Lipinski definition) is 4. The zero-order chi connectivity index (χ0) is 11.8. The molecule has 16 heavy (non-hydrogen) atoms. The van der Waals surface area contributed by atoms with Gasteiger partial charge in [0.2, 0.25) is 0 Å². The number of ether oxygens (including phenoxy) is 1. The van der Waals surface area contributed by atoms with Crippen LogP contribution >= 0.6 is 0 Å². The third-order valence-corrected chi connectivity index (χ3v) is 2.56. The van der Waals surface area contributed by atoms with E-state index < -0.39 is 16.6 Å². The molecular formula is C10H10N2O4. The number of nitro groups is 1. The van der Waals surface area contributed by atoms with Crippen molar-refractivity contribution in [1.29, 1.82) is 0 Å². The minimum atomic E-state index is -0.691. The van der Waals surface area contributed by atoms with E-state index >= 15 is 0 Å². The lowest BCUT2D eigenvalue weighted by Crippen LogP contribution is -2.37. The fourth-order valence-corrected chi connectivity index (χ4v) is 1.63. The third kappa shape index (κ3) is 1.69. The first-order valence-corrected chi connectivity index (χ1v) is 4.71. The van der Waals surface area contributed by atoms with Crippen LogP contribution in [0.5, 0.6) is 0 Å². The van der Waals surface area contributed by atoms with Crippen molar-refractivity contribution in [3.63, 3.8) is 0 Å². The minimum Gasteiger partial charge on any atom is -0.447 e. The highest BCUT2D eigenvalue weighted by Crippen LogP contribution is 2.27. The van der Waals surface area contributed by atoms with E-state index in [1.54, 1.807) is 19.1 Å². The molecule has 1 aliphatic heterocycles. The molecule has 0 bridgehead atoms. The van der Waals surface area contributed by atoms with Gasteiger partial charge < -0.3 is 10.1 Å². The van der Waals surface area contributed by atoms with E-state index in [0.717, 1.165) is 0 Å². The number of carbonyl (C=O) groups excluding carboxylic acids is 1. The van der Waals surface area contributed by atoms with Gasteiger partial charge in [-0.25, -0.2) is 4.79 Å². The molecule has 1 aliphatic rings. The highest BCUT2D eigenvalue weighted by Gasteiger charge is 2.37. The van der Waals surface area contributed by atoms with Gasteiger partial charge in [-0.1, -0.05) is 12.1 Å². The van der Waals surface area contributed by atoms with E-state index in [4.69, 9.17) is 4.74 Å². The zero-order valence-corrected chi connectivity index (χ0v) is 8.60. The van der Waals surface area contributed by atoms with Crippen LogP contribution in [0.4, 0.5) is 10.5 Å². The number of amides is 1. The number of nitro benzene ring substituents is 1. The van der Waals surface area contributed by atoms with Gasteiger partial charge in [0.15, 0.2) is 0 Å². The fraction of sp³-hybridized carbons (Fsp3) is 0.300. The molecule has 0 unspecified atom stereocenters. The summed E-state index contributed by atoms with van der Waals surface area (Å²) in [5, 5.41) is 13.3. The lowest BCUT2D eigenvalue weighted by atomic mass is 9.93. The smallest absolute Gasteiger partial charge is 0.408 e. The molecule has 6 nitrogen and oxygen atoms in total. The Kier molecular flexibility index (Phi) is 2.26. The fourth-order valence-electron chi connectivity index (χ4n) is 1.63. The molecule has 1 N–H and O–H groups in total. The number of hydrogen-bond donors (Lipinski definition) is 1. The van der Waals surface area contributed by atoms with Crippen molar-refractivity contribution in [1.82, 2.24) is 5.32 Å². The average molecular weight is 222 g/mol. The van der Waals surface area contributed by atoms with E-state index in [1.165, 1.54) is 12.1 Å². The summed E-state index contributed by atoms with van der Waals surface area (Å²) in [4.78, 5) is 21.1. The minimum absolute atomic E-state index is 0.000117. The van der Waals surface area contributed by atoms with Gasteiger partial charge >= 0.3 is 6.09 Å². The summed E-state index contributed by atoms with van der Waals surface area (Å²) in [5.41, 5.74) is -0.0317. The van der Waals surface area contributed by atoms with Crippen LogP contribution in [0, 0.1) is 10.1 Å². The molecule has 1 saturated heterocycles. The number of carbonyl (C=O) groups is 1. The van der Waals surface area contributed by atoms with Gasteiger partial charge in [-0.3, -0.25) is 10.1 Å². The average Bonchev–Trinajstić information content (AvgIpc) is 2.60. The Morgan fingerprint density at radius 3 is 2.88 bits per heavy atom. The second-order valence-electron chi connectivity index (χ2n) is 3.84. The van der Waals surface area contributed by atoms with Gasteiger partial charge in [0.25, 0.3) is 5.69 Å². The standard InChI is InChI=1S/C10H10N2O4/c1-10(6-16-9(13)11-10)7-3-2-4-8(5-7)12(14)15/h2-5H,6H2,1H3,(H,11,13)/t10-/m1/s1. The van der Waals surface area contributed by atoms with Crippen molar-refractivity contribution in [2.45, 2.75) is 12.5 Å². The Morgan fingerprint density at radius 2 is 2.31 bits per heavy atom. The van der Waals surface area contributed by atoms with E-state index in [0.29, 0.717) is 5.56 Å². The van der Waals surface area contributed by atoms with Gasteiger partial charge in [0.05, 0.1) is 4.92 Å². The SMILES string of the molecule is C[C@]1(c2cccc([N+](=O)[O-])c2)COC(=O)N1. The molecule has 6 heteroatoms. The van der Waals surface area contributed by atoms with Gasteiger partial charge in [-0.2, -0.15) is 0 Å². The number of cyclic esters (lactones) is 1. The maximum absolute atomic E-state index is 11.0. The molecule has 1 heterocycles. The van der Waals surface area contributed by atoms with Crippen molar-refractivity contribution >= 4 is 11.8 Å². The molecule has 0 radical (unpaired) electrons. The summed E-state index contributed by atoms with van der Waals surface area (Å²) in [7, 11) is 0. The second-order valence-corrected chi connectivity index (χ2v) is 3.84. The predicted octanol–water partition coefficient (Wildman–Crippen LogP) is 1.55. The Bertz CT molecular complexity index is 460. The zero-order valence-electron chi connectivity index (χ0n) is 8.60. The van der Waals surface area contributed by atoms with Crippen molar-refractivity contribution < 1.29 is 14.5 Å². The second kappa shape index (κ2) is 3.48. The first-order valence-electron chi connectivity index (χ1n) is 4.71. The summed E-state index contributed by atoms with van der Waals surface area (Å²) in [6.07, 6.45) is -0.506. The monoisotopic (exact) mass is 222 g/mol. The van der Waals surface area contributed by atoms with Gasteiger partial charge in [0.1, 0.15) is 12.1 Å².